The van der Waals surface area contributed by atoms with Gasteiger partial charge in [-0.15, -0.1) is 0 Å². The SMILES string of the molecule is CCC(=O)Nc1ccc(C(=O)CSc2nccn2-c2cc(C)ccc2C)cc1. The Morgan fingerprint density at radius 3 is 2.57 bits per heavy atom. The number of imidazole rings is 1. The zero-order valence-corrected chi connectivity index (χ0v) is 17.0. The number of Topliss-reactive ketones (excluding diaryl/α,β-unsaturated/α-hetero) is 1. The van der Waals surface area contributed by atoms with Crippen LogP contribution in [0.5, 0.6) is 0 Å². The highest BCUT2D eigenvalue weighted by Gasteiger charge is 2.12. The molecule has 6 heteroatoms. The molecule has 0 aliphatic heterocycles. The van der Waals surface area contributed by atoms with Crippen LogP contribution < -0.4 is 5.32 Å². The van der Waals surface area contributed by atoms with Gasteiger partial charge in [-0.05, 0) is 55.3 Å². The summed E-state index contributed by atoms with van der Waals surface area (Å²) in [6.07, 6.45) is 4.09. The summed E-state index contributed by atoms with van der Waals surface area (Å²) in [7, 11) is 0. The average molecular weight is 394 g/mol. The quantitative estimate of drug-likeness (QED) is 0.462. The smallest absolute Gasteiger partial charge is 0.224 e. The predicted octanol–water partition coefficient (Wildman–Crippen LogP) is 4.81. The van der Waals surface area contributed by atoms with Gasteiger partial charge >= 0.3 is 0 Å². The maximum atomic E-state index is 12.6. The van der Waals surface area contributed by atoms with Crippen LogP contribution in [0.1, 0.15) is 34.8 Å². The minimum absolute atomic E-state index is 0.0221. The van der Waals surface area contributed by atoms with Crippen LogP contribution in [0.4, 0.5) is 5.69 Å². The highest BCUT2D eigenvalue weighted by Crippen LogP contribution is 2.24. The molecule has 1 aromatic heterocycles. The summed E-state index contributed by atoms with van der Waals surface area (Å²) in [6, 6.07) is 13.3. The number of aryl methyl sites for hydroxylation is 2. The van der Waals surface area contributed by atoms with Gasteiger partial charge in [0.25, 0.3) is 0 Å². The van der Waals surface area contributed by atoms with Crippen LogP contribution in [0.3, 0.4) is 0 Å². The third-order valence-corrected chi connectivity index (χ3v) is 5.34. The first-order chi connectivity index (χ1) is 13.5. The molecule has 0 bridgehead atoms. The summed E-state index contributed by atoms with van der Waals surface area (Å²) in [6.45, 7) is 5.92. The molecular weight excluding hydrogens is 370 g/mol. The van der Waals surface area contributed by atoms with Gasteiger partial charge in [0.1, 0.15) is 0 Å². The van der Waals surface area contributed by atoms with Gasteiger partial charge in [-0.1, -0.05) is 30.8 Å². The molecule has 0 saturated heterocycles. The van der Waals surface area contributed by atoms with Crippen LogP contribution >= 0.6 is 11.8 Å². The number of hydrogen-bond acceptors (Lipinski definition) is 4. The number of carbonyl (C=O) groups is 2. The van der Waals surface area contributed by atoms with Gasteiger partial charge in [-0.3, -0.25) is 14.2 Å². The Hall–Kier alpha value is -2.86. The average Bonchev–Trinajstić information content (AvgIpc) is 3.16. The number of nitrogens with zero attached hydrogens (tertiary/aromatic N) is 2. The lowest BCUT2D eigenvalue weighted by Gasteiger charge is -2.11. The van der Waals surface area contributed by atoms with Crippen LogP contribution in [-0.4, -0.2) is 27.0 Å². The van der Waals surface area contributed by atoms with Crippen molar-refractivity contribution in [1.29, 1.82) is 0 Å². The lowest BCUT2D eigenvalue weighted by atomic mass is 10.1. The second kappa shape index (κ2) is 8.89. The van der Waals surface area contributed by atoms with Crippen molar-refractivity contribution in [3.63, 3.8) is 0 Å². The van der Waals surface area contributed by atoms with Gasteiger partial charge < -0.3 is 5.32 Å². The minimum Gasteiger partial charge on any atom is -0.326 e. The van der Waals surface area contributed by atoms with Crippen molar-refractivity contribution in [3.8, 4) is 5.69 Å². The van der Waals surface area contributed by atoms with E-state index >= 15 is 0 Å². The molecule has 1 N–H and O–H groups in total. The molecule has 1 heterocycles. The Kier molecular flexibility index (Phi) is 6.31. The Balaban J connectivity index is 1.68. The number of anilines is 1. The van der Waals surface area contributed by atoms with Crippen molar-refractivity contribution >= 4 is 29.1 Å². The summed E-state index contributed by atoms with van der Waals surface area (Å²) in [5, 5.41) is 3.56. The van der Waals surface area contributed by atoms with Gasteiger partial charge in [-0.2, -0.15) is 0 Å². The molecule has 144 valence electrons. The maximum Gasteiger partial charge on any atom is 0.224 e. The molecule has 0 aliphatic rings. The summed E-state index contributed by atoms with van der Waals surface area (Å²) in [5.74, 6) is 0.268. The molecule has 0 aliphatic carbocycles. The first-order valence-electron chi connectivity index (χ1n) is 9.15. The van der Waals surface area contributed by atoms with E-state index in [0.29, 0.717) is 23.4 Å². The van der Waals surface area contributed by atoms with Crippen LogP contribution in [0.2, 0.25) is 0 Å². The number of rotatable bonds is 7. The topological polar surface area (TPSA) is 64.0 Å². The molecule has 0 fully saturated rings. The number of nitrogens with one attached hydrogen (secondary N) is 1. The fourth-order valence-electron chi connectivity index (χ4n) is 2.76. The Morgan fingerprint density at radius 1 is 1.11 bits per heavy atom. The fourth-order valence-corrected chi connectivity index (χ4v) is 3.62. The molecule has 0 spiro atoms. The lowest BCUT2D eigenvalue weighted by Crippen LogP contribution is -2.10. The minimum atomic E-state index is -0.0482. The van der Waals surface area contributed by atoms with E-state index in [2.05, 4.69) is 42.3 Å². The number of aromatic nitrogens is 2. The first-order valence-corrected chi connectivity index (χ1v) is 10.1. The molecule has 5 nitrogen and oxygen atoms in total. The van der Waals surface area contributed by atoms with Crippen LogP contribution in [-0.2, 0) is 4.79 Å². The molecule has 2 aromatic carbocycles. The van der Waals surface area contributed by atoms with Crippen LogP contribution in [0.25, 0.3) is 5.69 Å². The van der Waals surface area contributed by atoms with Crippen molar-refractivity contribution < 1.29 is 9.59 Å². The van der Waals surface area contributed by atoms with E-state index in [4.69, 9.17) is 0 Å². The van der Waals surface area contributed by atoms with E-state index in [1.807, 2.05) is 10.8 Å². The molecule has 28 heavy (non-hydrogen) atoms. The van der Waals surface area contributed by atoms with Gasteiger partial charge in [0, 0.05) is 30.1 Å². The van der Waals surface area contributed by atoms with Crippen molar-refractivity contribution in [1.82, 2.24) is 9.55 Å². The van der Waals surface area contributed by atoms with E-state index in [-0.39, 0.29) is 11.7 Å². The van der Waals surface area contributed by atoms with E-state index in [1.54, 1.807) is 37.4 Å². The number of ketones is 1. The number of hydrogen-bond donors (Lipinski definition) is 1. The molecule has 0 radical (unpaired) electrons. The molecule has 0 saturated carbocycles. The lowest BCUT2D eigenvalue weighted by molar-refractivity contribution is -0.115. The van der Waals surface area contributed by atoms with Gasteiger partial charge in [0.05, 0.1) is 11.4 Å². The second-order valence-corrected chi connectivity index (χ2v) is 7.50. The Bertz CT molecular complexity index is 993. The van der Waals surface area contributed by atoms with Crippen LogP contribution in [0, 0.1) is 13.8 Å². The summed E-state index contributed by atoms with van der Waals surface area (Å²) in [4.78, 5) is 28.4. The number of amides is 1. The molecule has 1 amide bonds. The van der Waals surface area contributed by atoms with Crippen LogP contribution in [0.15, 0.2) is 60.0 Å². The zero-order valence-electron chi connectivity index (χ0n) is 16.2. The number of benzene rings is 2. The van der Waals surface area contributed by atoms with Gasteiger partial charge in [0.2, 0.25) is 5.91 Å². The zero-order chi connectivity index (χ0) is 20.1. The van der Waals surface area contributed by atoms with E-state index in [9.17, 15) is 9.59 Å². The van der Waals surface area contributed by atoms with E-state index in [1.165, 1.54) is 17.3 Å². The Labute approximate surface area is 169 Å². The third kappa shape index (κ3) is 4.70. The molecule has 0 unspecified atom stereocenters. The first kappa shape index (κ1) is 19.9. The Morgan fingerprint density at radius 2 is 1.86 bits per heavy atom. The fraction of sp³-hybridized carbons (Fsp3) is 0.227. The normalized spacial score (nSPS) is 10.7. The van der Waals surface area contributed by atoms with Crippen molar-refractivity contribution in [2.75, 3.05) is 11.1 Å². The highest BCUT2D eigenvalue weighted by atomic mass is 32.2. The van der Waals surface area contributed by atoms with E-state index in [0.717, 1.165) is 16.4 Å². The predicted molar refractivity (Wildman–Crippen MR) is 113 cm³/mol. The highest BCUT2D eigenvalue weighted by molar-refractivity contribution is 7.99. The van der Waals surface area contributed by atoms with Crippen molar-refractivity contribution in [2.24, 2.45) is 0 Å². The summed E-state index contributed by atoms with van der Waals surface area (Å²) >= 11 is 1.42. The monoisotopic (exact) mass is 393 g/mol. The number of carbonyl (C=O) groups excluding carboxylic acids is 2. The maximum absolute atomic E-state index is 12.6. The van der Waals surface area contributed by atoms with Gasteiger partial charge in [0.15, 0.2) is 10.9 Å². The number of thioether (sulfide) groups is 1. The van der Waals surface area contributed by atoms with Crippen molar-refractivity contribution in [2.45, 2.75) is 32.3 Å². The molecule has 3 rings (SSSR count). The molecule has 3 aromatic rings. The summed E-state index contributed by atoms with van der Waals surface area (Å²) < 4.78 is 2.02. The molecular formula is C22H23N3O2S. The van der Waals surface area contributed by atoms with E-state index < -0.39 is 0 Å². The largest absolute Gasteiger partial charge is 0.326 e. The van der Waals surface area contributed by atoms with Gasteiger partial charge in [-0.25, -0.2) is 4.98 Å². The standard InChI is InChI=1S/C22H23N3O2S/c1-4-21(27)24-18-9-7-17(8-10-18)20(26)14-28-22-23-11-12-25(22)19-13-15(2)5-6-16(19)3/h5-13H,4,14H2,1-3H3,(H,24,27). The summed E-state index contributed by atoms with van der Waals surface area (Å²) in [5.41, 5.74) is 4.72. The second-order valence-electron chi connectivity index (χ2n) is 6.56. The third-order valence-electron chi connectivity index (χ3n) is 4.38. The van der Waals surface area contributed by atoms with Crippen molar-refractivity contribution in [3.05, 3.63) is 71.5 Å². The molecule has 0 atom stereocenters.